The average molecular weight is 361 g/mol. The van der Waals surface area contributed by atoms with Crippen LogP contribution in [0.4, 0.5) is 0 Å². The molecule has 0 unspecified atom stereocenters. The van der Waals surface area contributed by atoms with E-state index in [2.05, 4.69) is 19.8 Å². The SMILES string of the molecule is Cn1ccnc1CN1CCN(Cc2cccnc2)[C@@H]2CS(=O)(=O)C[C@@H]21. The topological polar surface area (TPSA) is 71.3 Å². The van der Waals surface area contributed by atoms with E-state index in [1.54, 1.807) is 12.4 Å². The number of pyridine rings is 1. The third kappa shape index (κ3) is 3.47. The van der Waals surface area contributed by atoms with Gasteiger partial charge in [0.05, 0.1) is 18.1 Å². The van der Waals surface area contributed by atoms with Crippen LogP contribution in [0.2, 0.25) is 0 Å². The monoisotopic (exact) mass is 361 g/mol. The van der Waals surface area contributed by atoms with Crippen LogP contribution in [0.5, 0.6) is 0 Å². The summed E-state index contributed by atoms with van der Waals surface area (Å²) in [6, 6.07) is 4.05. The number of sulfone groups is 1. The molecule has 2 aliphatic heterocycles. The maximum Gasteiger partial charge on any atom is 0.153 e. The van der Waals surface area contributed by atoms with E-state index in [-0.39, 0.29) is 23.6 Å². The van der Waals surface area contributed by atoms with Crippen molar-refractivity contribution in [2.24, 2.45) is 7.05 Å². The Morgan fingerprint density at radius 2 is 1.84 bits per heavy atom. The minimum Gasteiger partial charge on any atom is -0.337 e. The highest BCUT2D eigenvalue weighted by atomic mass is 32.2. The molecule has 2 saturated heterocycles. The minimum atomic E-state index is -3.00. The van der Waals surface area contributed by atoms with Gasteiger partial charge in [-0.3, -0.25) is 14.8 Å². The van der Waals surface area contributed by atoms with Gasteiger partial charge in [0, 0.05) is 63.6 Å². The van der Waals surface area contributed by atoms with Gasteiger partial charge >= 0.3 is 0 Å². The number of nitrogens with zero attached hydrogens (tertiary/aromatic N) is 5. The lowest BCUT2D eigenvalue weighted by atomic mass is 10.0. The van der Waals surface area contributed by atoms with Gasteiger partial charge in [-0.05, 0) is 11.6 Å². The van der Waals surface area contributed by atoms with Gasteiger partial charge in [0.1, 0.15) is 5.82 Å². The van der Waals surface area contributed by atoms with E-state index < -0.39 is 9.84 Å². The molecule has 0 radical (unpaired) electrons. The molecule has 25 heavy (non-hydrogen) atoms. The molecule has 0 N–H and O–H groups in total. The minimum absolute atomic E-state index is 0.0344. The molecule has 7 nitrogen and oxygen atoms in total. The number of hydrogen-bond donors (Lipinski definition) is 0. The van der Waals surface area contributed by atoms with Crippen molar-refractivity contribution in [3.63, 3.8) is 0 Å². The Bertz CT molecular complexity index is 836. The third-order valence-electron chi connectivity index (χ3n) is 5.28. The van der Waals surface area contributed by atoms with E-state index in [0.717, 1.165) is 31.0 Å². The molecule has 8 heteroatoms. The van der Waals surface area contributed by atoms with Crippen molar-refractivity contribution >= 4 is 9.84 Å². The fourth-order valence-electron chi connectivity index (χ4n) is 3.95. The molecule has 134 valence electrons. The number of imidazole rings is 1. The number of aryl methyl sites for hydroxylation is 1. The molecule has 4 rings (SSSR count). The van der Waals surface area contributed by atoms with Gasteiger partial charge in [0.25, 0.3) is 0 Å². The van der Waals surface area contributed by atoms with Gasteiger partial charge in [0.2, 0.25) is 0 Å². The standard InChI is InChI=1S/C17H23N5O2S/c1-20-6-5-19-17(20)11-22-8-7-21(10-14-3-2-4-18-9-14)15-12-25(23,24)13-16(15)22/h2-6,9,15-16H,7-8,10-13H2,1H3/t15-,16+/m1/s1. The molecule has 0 aliphatic carbocycles. The van der Waals surface area contributed by atoms with Crippen LogP contribution in [0.15, 0.2) is 36.9 Å². The summed E-state index contributed by atoms with van der Waals surface area (Å²) in [5, 5.41) is 0. The Hall–Kier alpha value is -1.77. The molecular formula is C17H23N5O2S. The lowest BCUT2D eigenvalue weighted by molar-refractivity contribution is 0.0335. The highest BCUT2D eigenvalue weighted by molar-refractivity contribution is 7.91. The molecule has 0 spiro atoms. The second-order valence-corrected chi connectivity index (χ2v) is 9.12. The molecule has 4 heterocycles. The first-order valence-electron chi connectivity index (χ1n) is 8.55. The molecule has 2 atom stereocenters. The van der Waals surface area contributed by atoms with Crippen molar-refractivity contribution in [1.29, 1.82) is 0 Å². The second-order valence-electron chi connectivity index (χ2n) is 6.97. The van der Waals surface area contributed by atoms with Crippen molar-refractivity contribution in [2.75, 3.05) is 24.6 Å². The van der Waals surface area contributed by atoms with E-state index in [4.69, 9.17) is 0 Å². The molecule has 0 amide bonds. The fraction of sp³-hybridized carbons (Fsp3) is 0.529. The number of aromatic nitrogens is 3. The Labute approximate surface area is 148 Å². The number of hydrogen-bond acceptors (Lipinski definition) is 6. The summed E-state index contributed by atoms with van der Waals surface area (Å²) in [6.45, 7) is 3.15. The van der Waals surface area contributed by atoms with Gasteiger partial charge < -0.3 is 4.57 Å². The van der Waals surface area contributed by atoms with Crippen molar-refractivity contribution in [3.05, 3.63) is 48.3 Å². The van der Waals surface area contributed by atoms with E-state index in [9.17, 15) is 8.42 Å². The predicted molar refractivity (Wildman–Crippen MR) is 94.5 cm³/mol. The normalized spacial score (nSPS) is 26.6. The summed E-state index contributed by atoms with van der Waals surface area (Å²) in [6.07, 6.45) is 7.34. The van der Waals surface area contributed by atoms with Crippen LogP contribution in [0.1, 0.15) is 11.4 Å². The summed E-state index contributed by atoms with van der Waals surface area (Å²) >= 11 is 0. The van der Waals surface area contributed by atoms with E-state index in [0.29, 0.717) is 6.54 Å². The van der Waals surface area contributed by atoms with Crippen LogP contribution >= 0.6 is 0 Å². The van der Waals surface area contributed by atoms with Gasteiger partial charge in [-0.15, -0.1) is 0 Å². The van der Waals surface area contributed by atoms with Crippen LogP contribution in [0.3, 0.4) is 0 Å². The summed E-state index contributed by atoms with van der Waals surface area (Å²) in [7, 11) is -1.03. The fourth-order valence-corrected chi connectivity index (χ4v) is 5.99. The van der Waals surface area contributed by atoms with Gasteiger partial charge in [-0.1, -0.05) is 6.07 Å². The second kappa shape index (κ2) is 6.51. The first kappa shape index (κ1) is 16.7. The summed E-state index contributed by atoms with van der Waals surface area (Å²) in [5.74, 6) is 1.46. The van der Waals surface area contributed by atoms with Crippen molar-refractivity contribution in [3.8, 4) is 0 Å². The van der Waals surface area contributed by atoms with E-state index in [1.807, 2.05) is 36.1 Å². The quantitative estimate of drug-likeness (QED) is 0.780. The third-order valence-corrected chi connectivity index (χ3v) is 6.98. The molecular weight excluding hydrogens is 338 g/mol. The molecule has 2 fully saturated rings. The Kier molecular flexibility index (Phi) is 4.35. The molecule has 2 aromatic heterocycles. The molecule has 2 aromatic rings. The number of piperazine rings is 1. The molecule has 0 bridgehead atoms. The zero-order valence-electron chi connectivity index (χ0n) is 14.3. The lowest BCUT2D eigenvalue weighted by Crippen LogP contribution is -2.58. The van der Waals surface area contributed by atoms with E-state index >= 15 is 0 Å². The smallest absolute Gasteiger partial charge is 0.153 e. The van der Waals surface area contributed by atoms with E-state index in [1.165, 1.54) is 0 Å². The zero-order chi connectivity index (χ0) is 17.4. The summed E-state index contributed by atoms with van der Waals surface area (Å²) in [5.41, 5.74) is 1.13. The van der Waals surface area contributed by atoms with Crippen molar-refractivity contribution in [2.45, 2.75) is 25.2 Å². The van der Waals surface area contributed by atoms with Crippen molar-refractivity contribution in [1.82, 2.24) is 24.3 Å². The maximum absolute atomic E-state index is 12.3. The van der Waals surface area contributed by atoms with Crippen molar-refractivity contribution < 1.29 is 8.42 Å². The van der Waals surface area contributed by atoms with Crippen LogP contribution in [-0.2, 0) is 30.0 Å². The first-order valence-corrected chi connectivity index (χ1v) is 10.4. The Morgan fingerprint density at radius 3 is 2.44 bits per heavy atom. The highest BCUT2D eigenvalue weighted by Gasteiger charge is 2.46. The zero-order valence-corrected chi connectivity index (χ0v) is 15.1. The van der Waals surface area contributed by atoms with Gasteiger partial charge in [-0.25, -0.2) is 13.4 Å². The highest BCUT2D eigenvalue weighted by Crippen LogP contribution is 2.29. The molecule has 0 aromatic carbocycles. The molecule has 0 saturated carbocycles. The summed E-state index contributed by atoms with van der Waals surface area (Å²) in [4.78, 5) is 13.2. The number of fused-ring (bicyclic) bond motifs is 1. The average Bonchev–Trinajstić information content (AvgIpc) is 3.13. The largest absolute Gasteiger partial charge is 0.337 e. The van der Waals surface area contributed by atoms with Crippen LogP contribution in [0.25, 0.3) is 0 Å². The van der Waals surface area contributed by atoms with Gasteiger partial charge in [-0.2, -0.15) is 0 Å². The molecule has 2 aliphatic rings. The Balaban J connectivity index is 1.54. The predicted octanol–water partition coefficient (Wildman–Crippen LogP) is 0.299. The maximum atomic E-state index is 12.3. The van der Waals surface area contributed by atoms with Crippen LogP contribution < -0.4 is 0 Å². The Morgan fingerprint density at radius 1 is 1.12 bits per heavy atom. The lowest BCUT2D eigenvalue weighted by Gasteiger charge is -2.43. The van der Waals surface area contributed by atoms with Crippen LogP contribution in [0, 0.1) is 0 Å². The summed E-state index contributed by atoms with van der Waals surface area (Å²) < 4.78 is 26.6. The number of rotatable bonds is 4. The first-order chi connectivity index (χ1) is 12.0. The van der Waals surface area contributed by atoms with Crippen LogP contribution in [-0.4, -0.2) is 69.4 Å². The van der Waals surface area contributed by atoms with Gasteiger partial charge in [0.15, 0.2) is 9.84 Å².